The molecule has 10 heteroatoms. The molecule has 1 atom stereocenters. The van der Waals surface area contributed by atoms with E-state index < -0.39 is 33.5 Å². The van der Waals surface area contributed by atoms with Gasteiger partial charge in [0.2, 0.25) is 5.91 Å². The average molecular weight is 471 g/mol. The molecule has 1 unspecified atom stereocenters. The number of nitrogens with zero attached hydrogens (tertiary/aromatic N) is 1. The fraction of sp³-hybridized carbons (Fsp3) is 0.333. The second-order valence-electron chi connectivity index (χ2n) is 7.04. The first-order valence-corrected chi connectivity index (χ1v) is 11.8. The highest BCUT2D eigenvalue weighted by molar-refractivity contribution is 7.90. The summed E-state index contributed by atoms with van der Waals surface area (Å²) in [5.41, 5.74) is 0.319. The van der Waals surface area contributed by atoms with Crippen LogP contribution in [0.4, 0.5) is 4.39 Å². The van der Waals surface area contributed by atoms with Crippen LogP contribution in [0.1, 0.15) is 22.3 Å². The van der Waals surface area contributed by atoms with Gasteiger partial charge < -0.3 is 15.0 Å². The van der Waals surface area contributed by atoms with Crippen molar-refractivity contribution >= 4 is 33.3 Å². The number of hydrogen-bond acceptors (Lipinski definition) is 5. The fourth-order valence-electron chi connectivity index (χ4n) is 2.92. The molecule has 0 heterocycles. The fourth-order valence-corrected chi connectivity index (χ4v) is 3.81. The van der Waals surface area contributed by atoms with Crippen LogP contribution in [0.5, 0.6) is 5.75 Å². The van der Waals surface area contributed by atoms with E-state index in [0.29, 0.717) is 5.75 Å². The largest absolute Gasteiger partial charge is 0.496 e. The van der Waals surface area contributed by atoms with Gasteiger partial charge in [0.25, 0.3) is 5.91 Å². The Kier molecular flexibility index (Phi) is 8.41. The molecule has 1 N–H and O–H groups in total. The molecule has 0 fully saturated rings. The number of methoxy groups -OCH3 is 1. The van der Waals surface area contributed by atoms with Gasteiger partial charge in [-0.05, 0) is 30.7 Å². The Morgan fingerprint density at radius 3 is 2.48 bits per heavy atom. The van der Waals surface area contributed by atoms with Crippen molar-refractivity contribution in [2.75, 3.05) is 26.2 Å². The van der Waals surface area contributed by atoms with Gasteiger partial charge in [-0.15, -0.1) is 0 Å². The SMILES string of the molecule is COc1ccccc1C(=O)NC(CCS(C)(=O)=O)C(=O)N(C)Cc1c(F)cccc1Cl. The molecule has 0 radical (unpaired) electrons. The number of benzene rings is 2. The van der Waals surface area contributed by atoms with Gasteiger partial charge in [-0.1, -0.05) is 29.8 Å². The second-order valence-corrected chi connectivity index (χ2v) is 9.71. The number of para-hydroxylation sites is 1. The summed E-state index contributed by atoms with van der Waals surface area (Å²) < 4.78 is 42.6. The normalized spacial score (nSPS) is 12.2. The molecule has 31 heavy (non-hydrogen) atoms. The molecule has 0 aliphatic rings. The molecular weight excluding hydrogens is 447 g/mol. The molecular formula is C21H24ClFN2O5S. The van der Waals surface area contributed by atoms with Gasteiger partial charge in [0.1, 0.15) is 27.4 Å². The predicted molar refractivity (Wildman–Crippen MR) is 116 cm³/mol. The van der Waals surface area contributed by atoms with Crippen LogP contribution in [0.2, 0.25) is 5.02 Å². The molecule has 0 aromatic heterocycles. The molecule has 0 saturated heterocycles. The van der Waals surface area contributed by atoms with E-state index in [9.17, 15) is 22.4 Å². The minimum Gasteiger partial charge on any atom is -0.496 e. The van der Waals surface area contributed by atoms with Gasteiger partial charge in [0.05, 0.1) is 18.4 Å². The van der Waals surface area contributed by atoms with E-state index in [1.54, 1.807) is 18.2 Å². The highest BCUT2D eigenvalue weighted by atomic mass is 35.5. The monoisotopic (exact) mass is 470 g/mol. The molecule has 2 amide bonds. The first kappa shape index (κ1) is 24.6. The second kappa shape index (κ2) is 10.6. The molecule has 7 nitrogen and oxygen atoms in total. The molecule has 0 spiro atoms. The molecule has 2 rings (SSSR count). The van der Waals surface area contributed by atoms with Gasteiger partial charge in [-0.25, -0.2) is 12.8 Å². The zero-order chi connectivity index (χ0) is 23.2. The number of nitrogens with one attached hydrogen (secondary N) is 1. The maximum absolute atomic E-state index is 14.1. The number of hydrogen-bond donors (Lipinski definition) is 1. The number of sulfone groups is 1. The summed E-state index contributed by atoms with van der Waals surface area (Å²) in [6.45, 7) is -0.149. The third-order valence-corrected chi connectivity index (χ3v) is 5.90. The summed E-state index contributed by atoms with van der Waals surface area (Å²) >= 11 is 6.04. The zero-order valence-electron chi connectivity index (χ0n) is 17.4. The van der Waals surface area contributed by atoms with E-state index in [1.165, 1.54) is 43.3 Å². The molecule has 2 aromatic rings. The topological polar surface area (TPSA) is 92.8 Å². The van der Waals surface area contributed by atoms with Crippen molar-refractivity contribution in [3.63, 3.8) is 0 Å². The maximum Gasteiger partial charge on any atom is 0.255 e. The van der Waals surface area contributed by atoms with Gasteiger partial charge >= 0.3 is 0 Å². The lowest BCUT2D eigenvalue weighted by atomic mass is 10.1. The third-order valence-electron chi connectivity index (χ3n) is 4.57. The summed E-state index contributed by atoms with van der Waals surface area (Å²) in [6, 6.07) is 9.47. The van der Waals surface area contributed by atoms with Crippen LogP contribution in [0.15, 0.2) is 42.5 Å². The number of carbonyl (C=O) groups is 2. The molecule has 0 bridgehead atoms. The van der Waals surface area contributed by atoms with Crippen LogP contribution in [-0.4, -0.2) is 57.3 Å². The number of carbonyl (C=O) groups excluding carboxylic acids is 2. The average Bonchev–Trinajstić information content (AvgIpc) is 2.72. The standard InChI is InChI=1S/C21H24ClFN2O5S/c1-25(13-15-16(22)8-6-9-17(15)23)21(27)18(11-12-31(3,28)29)24-20(26)14-7-4-5-10-19(14)30-2/h4-10,18H,11-13H2,1-3H3,(H,24,26). The van der Waals surface area contributed by atoms with Crippen LogP contribution in [0.3, 0.4) is 0 Å². The van der Waals surface area contributed by atoms with Gasteiger partial charge in [-0.2, -0.15) is 0 Å². The van der Waals surface area contributed by atoms with Crippen LogP contribution in [-0.2, 0) is 21.2 Å². The minimum absolute atomic E-state index is 0.123. The Morgan fingerprint density at radius 2 is 1.87 bits per heavy atom. The van der Waals surface area contributed by atoms with Crippen LogP contribution >= 0.6 is 11.6 Å². The number of amides is 2. The summed E-state index contributed by atoms with van der Waals surface area (Å²) in [7, 11) is -0.560. The van der Waals surface area contributed by atoms with Crippen molar-refractivity contribution in [1.82, 2.24) is 10.2 Å². The summed E-state index contributed by atoms with van der Waals surface area (Å²) in [6.07, 6.45) is 0.896. The van der Waals surface area contributed by atoms with Crippen molar-refractivity contribution in [2.24, 2.45) is 0 Å². The van der Waals surface area contributed by atoms with Crippen molar-refractivity contribution in [3.05, 3.63) is 64.4 Å². The summed E-state index contributed by atoms with van der Waals surface area (Å²) in [5.74, 6) is -1.75. The Labute approximate surface area is 186 Å². The lowest BCUT2D eigenvalue weighted by molar-refractivity contribution is -0.132. The maximum atomic E-state index is 14.1. The predicted octanol–water partition coefficient (Wildman–Crippen LogP) is 2.68. The highest BCUT2D eigenvalue weighted by Gasteiger charge is 2.27. The van der Waals surface area contributed by atoms with Crippen molar-refractivity contribution in [1.29, 1.82) is 0 Å². The van der Waals surface area contributed by atoms with E-state index in [0.717, 1.165) is 6.26 Å². The van der Waals surface area contributed by atoms with E-state index in [4.69, 9.17) is 16.3 Å². The van der Waals surface area contributed by atoms with Crippen LogP contribution < -0.4 is 10.1 Å². The highest BCUT2D eigenvalue weighted by Crippen LogP contribution is 2.21. The minimum atomic E-state index is -3.39. The number of rotatable bonds is 9. The van der Waals surface area contributed by atoms with E-state index in [2.05, 4.69) is 5.32 Å². The van der Waals surface area contributed by atoms with E-state index in [1.807, 2.05) is 0 Å². The first-order valence-electron chi connectivity index (χ1n) is 9.33. The first-order chi connectivity index (χ1) is 14.5. The van der Waals surface area contributed by atoms with Gasteiger partial charge in [0, 0.05) is 30.4 Å². The summed E-state index contributed by atoms with van der Waals surface area (Å²) in [5, 5.41) is 2.73. The number of ether oxygens (including phenoxy) is 1. The number of halogens is 2. The molecule has 0 aliphatic heterocycles. The quantitative estimate of drug-likeness (QED) is 0.608. The van der Waals surface area contributed by atoms with Gasteiger partial charge in [-0.3, -0.25) is 9.59 Å². The zero-order valence-corrected chi connectivity index (χ0v) is 19.0. The lowest BCUT2D eigenvalue weighted by Gasteiger charge is -2.25. The Bertz CT molecular complexity index is 1040. The van der Waals surface area contributed by atoms with E-state index in [-0.39, 0.29) is 34.9 Å². The van der Waals surface area contributed by atoms with Crippen molar-refractivity contribution in [3.8, 4) is 5.75 Å². The molecule has 168 valence electrons. The van der Waals surface area contributed by atoms with E-state index >= 15 is 0 Å². The lowest BCUT2D eigenvalue weighted by Crippen LogP contribution is -2.48. The Morgan fingerprint density at radius 1 is 1.19 bits per heavy atom. The van der Waals surface area contributed by atoms with Gasteiger partial charge in [0.15, 0.2) is 0 Å². The Hall–Kier alpha value is -2.65. The molecule has 0 aliphatic carbocycles. The molecule has 0 saturated carbocycles. The van der Waals surface area contributed by atoms with Crippen molar-refractivity contribution in [2.45, 2.75) is 19.0 Å². The van der Waals surface area contributed by atoms with Crippen LogP contribution in [0, 0.1) is 5.82 Å². The summed E-state index contributed by atoms with van der Waals surface area (Å²) in [4.78, 5) is 27.0. The van der Waals surface area contributed by atoms with Crippen molar-refractivity contribution < 1.29 is 27.1 Å². The van der Waals surface area contributed by atoms with Crippen LogP contribution in [0.25, 0.3) is 0 Å². The molecule has 2 aromatic carbocycles. The third kappa shape index (κ3) is 6.93. The number of likely N-dealkylation sites (N-methyl/N-ethyl adjacent to an activating group) is 1. The smallest absolute Gasteiger partial charge is 0.255 e. The Balaban J connectivity index is 2.25.